The Morgan fingerprint density at radius 3 is 2.75 bits per heavy atom. The zero-order valence-electron chi connectivity index (χ0n) is 15.2. The van der Waals surface area contributed by atoms with Crippen LogP contribution >= 0.6 is 12.4 Å². The first-order valence-electron chi connectivity index (χ1n) is 8.44. The molecule has 0 aliphatic carbocycles. The van der Waals surface area contributed by atoms with Crippen LogP contribution in [-0.4, -0.2) is 39.7 Å². The number of hydrogen-bond acceptors (Lipinski definition) is 5. The van der Waals surface area contributed by atoms with Gasteiger partial charge in [-0.3, -0.25) is 19.6 Å². The molecule has 1 aromatic carbocycles. The normalized spacial score (nSPS) is 19.0. The van der Waals surface area contributed by atoms with Crippen LogP contribution in [0.4, 0.5) is 14.5 Å². The number of aromatic nitrogens is 2. The van der Waals surface area contributed by atoms with Gasteiger partial charge in [0.05, 0.1) is 4.92 Å². The summed E-state index contributed by atoms with van der Waals surface area (Å²) >= 11 is 0. The van der Waals surface area contributed by atoms with Crippen molar-refractivity contribution in [3.63, 3.8) is 0 Å². The molecule has 0 spiro atoms. The first-order chi connectivity index (χ1) is 12.8. The fourth-order valence-corrected chi connectivity index (χ4v) is 3.51. The Bertz CT molecular complexity index is 905. The van der Waals surface area contributed by atoms with Gasteiger partial charge in [0, 0.05) is 25.6 Å². The molecule has 28 heavy (non-hydrogen) atoms. The molecule has 8 nitrogen and oxygen atoms in total. The number of benzene rings is 1. The van der Waals surface area contributed by atoms with E-state index in [1.165, 1.54) is 24.7 Å². The molecule has 0 radical (unpaired) electrons. The van der Waals surface area contributed by atoms with E-state index in [-0.39, 0.29) is 35.4 Å². The van der Waals surface area contributed by atoms with E-state index in [0.29, 0.717) is 25.1 Å². The van der Waals surface area contributed by atoms with Crippen LogP contribution < -0.4 is 10.6 Å². The quantitative estimate of drug-likeness (QED) is 0.588. The van der Waals surface area contributed by atoms with Gasteiger partial charge in [0.1, 0.15) is 5.69 Å². The number of piperidine rings is 1. The fraction of sp³-hybridized carbons (Fsp3) is 0.412. The van der Waals surface area contributed by atoms with Crippen LogP contribution in [0.3, 0.4) is 0 Å². The minimum Gasteiger partial charge on any atom is -0.346 e. The maximum absolute atomic E-state index is 13.6. The molecule has 152 valence electrons. The van der Waals surface area contributed by atoms with Gasteiger partial charge < -0.3 is 10.6 Å². The van der Waals surface area contributed by atoms with Crippen LogP contribution in [0.2, 0.25) is 0 Å². The largest absolute Gasteiger partial charge is 0.346 e. The molecule has 2 heterocycles. The van der Waals surface area contributed by atoms with Gasteiger partial charge in [-0.15, -0.1) is 12.4 Å². The smallest absolute Gasteiger partial charge is 0.322 e. The average Bonchev–Trinajstić information content (AvgIpc) is 2.92. The number of nitrogens with one attached hydrogen (secondary N) is 2. The third kappa shape index (κ3) is 4.12. The minimum absolute atomic E-state index is 0. The number of nitro groups is 1. The first-order valence-corrected chi connectivity index (χ1v) is 8.44. The number of hydrogen-bond donors (Lipinski definition) is 2. The third-order valence-corrected chi connectivity index (χ3v) is 4.76. The minimum atomic E-state index is -0.950. The summed E-state index contributed by atoms with van der Waals surface area (Å²) in [6, 6.07) is 3.23. The Balaban J connectivity index is 0.00000280. The van der Waals surface area contributed by atoms with Gasteiger partial charge in [-0.05, 0) is 37.6 Å². The van der Waals surface area contributed by atoms with Crippen LogP contribution in [0.5, 0.6) is 0 Å². The molecular weight excluding hydrogens is 396 g/mol. The Hall–Kier alpha value is -2.59. The molecule has 1 fully saturated rings. The summed E-state index contributed by atoms with van der Waals surface area (Å²) in [5, 5.41) is 21.2. The monoisotopic (exact) mass is 415 g/mol. The van der Waals surface area contributed by atoms with E-state index in [1.807, 2.05) is 0 Å². The van der Waals surface area contributed by atoms with E-state index in [1.54, 1.807) is 0 Å². The van der Waals surface area contributed by atoms with E-state index in [0.717, 1.165) is 12.1 Å². The summed E-state index contributed by atoms with van der Waals surface area (Å²) in [5.41, 5.74) is 0.221. The lowest BCUT2D eigenvalue weighted by Crippen LogP contribution is -2.50. The topological polar surface area (TPSA) is 102 Å². The van der Waals surface area contributed by atoms with Crippen LogP contribution in [0.15, 0.2) is 18.2 Å². The number of carbonyl (C=O) groups is 1. The van der Waals surface area contributed by atoms with Gasteiger partial charge >= 0.3 is 5.69 Å². The lowest BCUT2D eigenvalue weighted by Gasteiger charge is -2.33. The molecule has 1 amide bonds. The molecule has 1 aliphatic rings. The molecule has 1 saturated heterocycles. The molecule has 3 rings (SSSR count). The standard InChI is InChI=1S/C17H19F2N5O3.ClH/c1-9-15(24(26)27)16(23(2)22-9)17(25)21-14-8-20-6-5-11(14)10-3-4-12(18)13(19)7-10;/h3-4,7,11,14,20H,5-6,8H2,1-2H3,(H,21,25);1H. The summed E-state index contributed by atoms with van der Waals surface area (Å²) in [6.07, 6.45) is 0.600. The summed E-state index contributed by atoms with van der Waals surface area (Å²) in [6.45, 7) is 2.52. The van der Waals surface area contributed by atoms with Crippen LogP contribution in [0, 0.1) is 28.7 Å². The second-order valence-electron chi connectivity index (χ2n) is 6.52. The molecule has 1 aromatic heterocycles. The summed E-state index contributed by atoms with van der Waals surface area (Å²) < 4.78 is 28.0. The highest BCUT2D eigenvalue weighted by molar-refractivity contribution is 5.97. The van der Waals surface area contributed by atoms with Gasteiger partial charge in [0.15, 0.2) is 11.6 Å². The predicted molar refractivity (Wildman–Crippen MR) is 99.7 cm³/mol. The number of carbonyl (C=O) groups excluding carboxylic acids is 1. The highest BCUT2D eigenvalue weighted by Crippen LogP contribution is 2.28. The number of amides is 1. The highest BCUT2D eigenvalue weighted by Gasteiger charge is 2.33. The number of rotatable bonds is 4. The lowest BCUT2D eigenvalue weighted by atomic mass is 9.86. The van der Waals surface area contributed by atoms with E-state index < -0.39 is 28.5 Å². The zero-order chi connectivity index (χ0) is 19.7. The second kappa shape index (κ2) is 8.61. The maximum atomic E-state index is 13.6. The summed E-state index contributed by atoms with van der Waals surface area (Å²) in [4.78, 5) is 23.4. The van der Waals surface area contributed by atoms with Crippen molar-refractivity contribution in [1.82, 2.24) is 20.4 Å². The molecule has 2 unspecified atom stereocenters. The Morgan fingerprint density at radius 1 is 1.39 bits per heavy atom. The molecule has 1 aliphatic heterocycles. The van der Waals surface area contributed by atoms with Crippen molar-refractivity contribution < 1.29 is 18.5 Å². The van der Waals surface area contributed by atoms with Gasteiger partial charge in [0.25, 0.3) is 5.91 Å². The third-order valence-electron chi connectivity index (χ3n) is 4.76. The van der Waals surface area contributed by atoms with Crippen LogP contribution in [0.1, 0.15) is 34.1 Å². The number of nitrogens with zero attached hydrogens (tertiary/aromatic N) is 3. The van der Waals surface area contributed by atoms with E-state index in [4.69, 9.17) is 0 Å². The van der Waals surface area contributed by atoms with Gasteiger partial charge in [-0.1, -0.05) is 6.07 Å². The zero-order valence-corrected chi connectivity index (χ0v) is 16.1. The van der Waals surface area contributed by atoms with Crippen molar-refractivity contribution in [2.24, 2.45) is 7.05 Å². The summed E-state index contributed by atoms with van der Waals surface area (Å²) in [5.74, 6) is -2.77. The van der Waals surface area contributed by atoms with Crippen molar-refractivity contribution >= 4 is 24.0 Å². The first kappa shape index (κ1) is 21.7. The van der Waals surface area contributed by atoms with Crippen molar-refractivity contribution in [3.05, 3.63) is 56.9 Å². The Kier molecular flexibility index (Phi) is 6.68. The van der Waals surface area contributed by atoms with E-state index in [2.05, 4.69) is 15.7 Å². The van der Waals surface area contributed by atoms with Crippen LogP contribution in [-0.2, 0) is 7.05 Å². The lowest BCUT2D eigenvalue weighted by molar-refractivity contribution is -0.385. The van der Waals surface area contributed by atoms with Crippen molar-refractivity contribution in [2.75, 3.05) is 13.1 Å². The molecule has 2 aromatic rings. The summed E-state index contributed by atoms with van der Waals surface area (Å²) in [7, 11) is 1.46. The SMILES string of the molecule is Cc1nn(C)c(C(=O)NC2CNCCC2c2ccc(F)c(F)c2)c1[N+](=O)[O-].Cl. The van der Waals surface area contributed by atoms with Gasteiger partial charge in [0.2, 0.25) is 5.69 Å². The van der Waals surface area contributed by atoms with Crippen LogP contribution in [0.25, 0.3) is 0 Å². The molecule has 11 heteroatoms. The van der Waals surface area contributed by atoms with Gasteiger partial charge in [-0.2, -0.15) is 5.10 Å². The molecule has 0 saturated carbocycles. The highest BCUT2D eigenvalue weighted by atomic mass is 35.5. The molecule has 2 N–H and O–H groups in total. The molecular formula is C17H20ClF2N5O3. The molecule has 0 bridgehead atoms. The van der Waals surface area contributed by atoms with E-state index in [9.17, 15) is 23.7 Å². The predicted octanol–water partition coefficient (Wildman–Crippen LogP) is 2.21. The van der Waals surface area contributed by atoms with Crippen molar-refractivity contribution in [2.45, 2.75) is 25.3 Å². The van der Waals surface area contributed by atoms with Crippen molar-refractivity contribution in [1.29, 1.82) is 0 Å². The average molecular weight is 416 g/mol. The Morgan fingerprint density at radius 2 is 2.11 bits per heavy atom. The number of halogens is 3. The fourth-order valence-electron chi connectivity index (χ4n) is 3.51. The molecule has 2 atom stereocenters. The maximum Gasteiger partial charge on any atom is 0.322 e. The van der Waals surface area contributed by atoms with Gasteiger partial charge in [-0.25, -0.2) is 8.78 Å². The van der Waals surface area contributed by atoms with E-state index >= 15 is 0 Å². The number of aryl methyl sites for hydroxylation is 2. The second-order valence-corrected chi connectivity index (χ2v) is 6.52. The Labute approximate surface area is 165 Å². The van der Waals surface area contributed by atoms with Crippen molar-refractivity contribution in [3.8, 4) is 0 Å².